The number of esters is 1. The number of ketones is 1. The van der Waals surface area contributed by atoms with Crippen molar-refractivity contribution in [1.82, 2.24) is 0 Å². The molecule has 1 rings (SSSR count). The van der Waals surface area contributed by atoms with Gasteiger partial charge in [0.2, 0.25) is 0 Å². The average Bonchev–Trinajstić information content (AvgIpc) is 2.28. The predicted octanol–water partition coefficient (Wildman–Crippen LogP) is 2.81. The maximum absolute atomic E-state index is 13.6. The minimum atomic E-state index is -0.807. The number of Topliss-reactive ketones (excluding diaryl/α,β-unsaturated/α-hetero) is 1. The number of ether oxygens (including phenoxy) is 1. The second kappa shape index (κ2) is 5.77. The molecule has 0 aliphatic carbocycles. The number of benzene rings is 1. The molecule has 0 N–H and O–H groups in total. The smallest absolute Gasteiger partial charge is 0.338 e. The summed E-state index contributed by atoms with van der Waals surface area (Å²) < 4.78 is 18.3. The van der Waals surface area contributed by atoms with E-state index in [0.29, 0.717) is 0 Å². The number of hydrogen-bond donors (Lipinski definition) is 0. The topological polar surface area (TPSA) is 43.4 Å². The highest BCUT2D eigenvalue weighted by molar-refractivity contribution is 6.33. The van der Waals surface area contributed by atoms with Crippen molar-refractivity contribution >= 4 is 23.4 Å². The molecule has 0 aromatic heterocycles. The highest BCUT2D eigenvalue weighted by atomic mass is 35.5. The summed E-state index contributed by atoms with van der Waals surface area (Å²) in [5.74, 6) is -1.91. The van der Waals surface area contributed by atoms with Crippen molar-refractivity contribution in [3.8, 4) is 0 Å². The van der Waals surface area contributed by atoms with E-state index in [1.165, 1.54) is 19.1 Å². The molecule has 1 unspecified atom stereocenters. The molecule has 0 bridgehead atoms. The number of alkyl halides is 1. The third-order valence-electron chi connectivity index (χ3n) is 2.11. The second-order valence-electron chi connectivity index (χ2n) is 3.40. The summed E-state index contributed by atoms with van der Waals surface area (Å²) in [7, 11) is 0. The molecule has 5 heteroatoms. The van der Waals surface area contributed by atoms with Gasteiger partial charge in [-0.15, -0.1) is 11.6 Å². The van der Waals surface area contributed by atoms with Crippen LogP contribution >= 0.6 is 11.6 Å². The minimum absolute atomic E-state index is 0.0723. The van der Waals surface area contributed by atoms with Crippen LogP contribution in [0.5, 0.6) is 0 Å². The monoisotopic (exact) mass is 258 g/mol. The van der Waals surface area contributed by atoms with Crippen LogP contribution in [0.1, 0.15) is 34.6 Å². The van der Waals surface area contributed by atoms with E-state index >= 15 is 0 Å². The third kappa shape index (κ3) is 3.27. The Labute approximate surface area is 104 Å². The highest BCUT2D eigenvalue weighted by Crippen LogP contribution is 2.15. The maximum Gasteiger partial charge on any atom is 0.338 e. The molecule has 0 saturated carbocycles. The van der Waals surface area contributed by atoms with Gasteiger partial charge >= 0.3 is 5.97 Å². The van der Waals surface area contributed by atoms with Gasteiger partial charge in [-0.05, 0) is 32.0 Å². The van der Waals surface area contributed by atoms with Crippen molar-refractivity contribution in [2.45, 2.75) is 19.2 Å². The summed E-state index contributed by atoms with van der Waals surface area (Å²) in [5.41, 5.74) is -0.0522. The van der Waals surface area contributed by atoms with E-state index in [4.69, 9.17) is 16.3 Å². The molecule has 1 aromatic carbocycles. The minimum Gasteiger partial charge on any atom is -0.462 e. The van der Waals surface area contributed by atoms with Crippen LogP contribution < -0.4 is 0 Å². The van der Waals surface area contributed by atoms with Crippen LogP contribution in [-0.2, 0) is 4.74 Å². The normalized spacial score (nSPS) is 12.0. The van der Waals surface area contributed by atoms with E-state index in [2.05, 4.69) is 0 Å². The van der Waals surface area contributed by atoms with Crippen LogP contribution in [0.25, 0.3) is 0 Å². The van der Waals surface area contributed by atoms with Crippen molar-refractivity contribution in [2.24, 2.45) is 0 Å². The maximum atomic E-state index is 13.6. The molecule has 0 saturated heterocycles. The molecule has 1 atom stereocenters. The van der Waals surface area contributed by atoms with Crippen molar-refractivity contribution in [2.75, 3.05) is 6.61 Å². The molecule has 0 fully saturated rings. The van der Waals surface area contributed by atoms with Gasteiger partial charge in [0.05, 0.1) is 23.1 Å². The standard InChI is InChI=1S/C12H12ClFO3/c1-3-17-12(16)8-4-5-9(10(14)6-8)11(15)7(2)13/h4-7H,3H2,1-2H3. The first-order valence-corrected chi connectivity index (χ1v) is 5.56. The number of rotatable bonds is 4. The van der Waals surface area contributed by atoms with Crippen LogP contribution in [0.3, 0.4) is 0 Å². The second-order valence-corrected chi connectivity index (χ2v) is 4.05. The molecular weight excluding hydrogens is 247 g/mol. The van der Waals surface area contributed by atoms with Gasteiger partial charge in [-0.2, -0.15) is 0 Å². The first-order chi connectivity index (χ1) is 7.97. The van der Waals surface area contributed by atoms with E-state index in [1.807, 2.05) is 0 Å². The predicted molar refractivity (Wildman–Crippen MR) is 62.0 cm³/mol. The SMILES string of the molecule is CCOC(=O)c1ccc(C(=O)C(C)Cl)c(F)c1. The fourth-order valence-electron chi connectivity index (χ4n) is 1.27. The van der Waals surface area contributed by atoms with Crippen LogP contribution in [-0.4, -0.2) is 23.7 Å². The summed E-state index contributed by atoms with van der Waals surface area (Å²) in [6, 6.07) is 3.56. The number of halogens is 2. The first kappa shape index (κ1) is 13.6. The number of hydrogen-bond acceptors (Lipinski definition) is 3. The molecule has 0 aliphatic heterocycles. The lowest BCUT2D eigenvalue weighted by atomic mass is 10.1. The van der Waals surface area contributed by atoms with Crippen LogP contribution in [0.15, 0.2) is 18.2 Å². The van der Waals surface area contributed by atoms with Crippen molar-refractivity contribution in [3.63, 3.8) is 0 Å². The van der Waals surface area contributed by atoms with Gasteiger partial charge in [-0.1, -0.05) is 0 Å². The molecule has 0 amide bonds. The lowest BCUT2D eigenvalue weighted by molar-refractivity contribution is 0.0525. The third-order valence-corrected chi connectivity index (χ3v) is 2.31. The average molecular weight is 259 g/mol. The fraction of sp³-hybridized carbons (Fsp3) is 0.333. The zero-order chi connectivity index (χ0) is 13.0. The Bertz CT molecular complexity index is 443. The van der Waals surface area contributed by atoms with Gasteiger partial charge in [-0.3, -0.25) is 4.79 Å². The summed E-state index contributed by atoms with van der Waals surface area (Å²) in [6.07, 6.45) is 0. The molecule has 0 aliphatic rings. The lowest BCUT2D eigenvalue weighted by Gasteiger charge is -2.06. The molecule has 1 aromatic rings. The Balaban J connectivity index is 3.02. The number of carbonyl (C=O) groups is 2. The van der Waals surface area contributed by atoms with Crippen LogP contribution in [0.4, 0.5) is 4.39 Å². The summed E-state index contributed by atoms with van der Waals surface area (Å²) in [5, 5.41) is -0.807. The zero-order valence-electron chi connectivity index (χ0n) is 9.50. The molecular formula is C12H12ClFO3. The summed E-state index contributed by atoms with van der Waals surface area (Å²) >= 11 is 5.58. The Morgan fingerprint density at radius 3 is 2.59 bits per heavy atom. The first-order valence-electron chi connectivity index (χ1n) is 5.12. The van der Waals surface area contributed by atoms with Crippen LogP contribution in [0, 0.1) is 5.82 Å². The molecule has 0 radical (unpaired) electrons. The number of carbonyl (C=O) groups excluding carboxylic acids is 2. The van der Waals surface area contributed by atoms with E-state index in [9.17, 15) is 14.0 Å². The van der Waals surface area contributed by atoms with Gasteiger partial charge in [-0.25, -0.2) is 9.18 Å². The zero-order valence-corrected chi connectivity index (χ0v) is 10.3. The van der Waals surface area contributed by atoms with Gasteiger partial charge < -0.3 is 4.74 Å². The Morgan fingerprint density at radius 2 is 2.12 bits per heavy atom. The van der Waals surface area contributed by atoms with E-state index < -0.39 is 22.9 Å². The Hall–Kier alpha value is -1.42. The lowest BCUT2D eigenvalue weighted by Crippen LogP contribution is -2.13. The molecule has 92 valence electrons. The van der Waals surface area contributed by atoms with Gasteiger partial charge in [0.25, 0.3) is 0 Å². The van der Waals surface area contributed by atoms with E-state index in [-0.39, 0.29) is 17.7 Å². The van der Waals surface area contributed by atoms with Crippen molar-refractivity contribution in [1.29, 1.82) is 0 Å². The van der Waals surface area contributed by atoms with Crippen LogP contribution in [0.2, 0.25) is 0 Å². The van der Waals surface area contributed by atoms with Crippen molar-refractivity contribution < 1.29 is 18.7 Å². The molecule has 0 spiro atoms. The largest absolute Gasteiger partial charge is 0.462 e. The molecule has 3 nitrogen and oxygen atoms in total. The van der Waals surface area contributed by atoms with E-state index in [0.717, 1.165) is 6.07 Å². The fourth-order valence-corrected chi connectivity index (χ4v) is 1.39. The van der Waals surface area contributed by atoms with Gasteiger partial charge in [0.1, 0.15) is 5.82 Å². The highest BCUT2D eigenvalue weighted by Gasteiger charge is 2.18. The Kier molecular flexibility index (Phi) is 4.63. The van der Waals surface area contributed by atoms with Gasteiger partial charge in [0.15, 0.2) is 5.78 Å². The van der Waals surface area contributed by atoms with E-state index in [1.54, 1.807) is 6.92 Å². The van der Waals surface area contributed by atoms with Gasteiger partial charge in [0, 0.05) is 0 Å². The molecule has 17 heavy (non-hydrogen) atoms. The summed E-state index contributed by atoms with van der Waals surface area (Å²) in [4.78, 5) is 22.8. The van der Waals surface area contributed by atoms with Crippen molar-refractivity contribution in [3.05, 3.63) is 35.1 Å². The Morgan fingerprint density at radius 1 is 1.47 bits per heavy atom. The molecule has 0 heterocycles. The summed E-state index contributed by atoms with van der Waals surface area (Å²) in [6.45, 7) is 3.32. The quantitative estimate of drug-likeness (QED) is 0.474.